The van der Waals surface area contributed by atoms with Crippen molar-refractivity contribution in [3.63, 3.8) is 0 Å². The highest BCUT2D eigenvalue weighted by Gasteiger charge is 2.37. The number of aliphatic hydroxyl groups excluding tert-OH is 1. The second-order valence-corrected chi connectivity index (χ2v) is 7.43. The summed E-state index contributed by atoms with van der Waals surface area (Å²) in [5.41, 5.74) is 1.29. The summed E-state index contributed by atoms with van der Waals surface area (Å²) in [4.78, 5) is 10.5. The Kier molecular flexibility index (Phi) is 6.66. The largest absolute Gasteiger partial charge is 0.481 e. The van der Waals surface area contributed by atoms with Crippen molar-refractivity contribution in [3.8, 4) is 0 Å². The molecule has 3 nitrogen and oxygen atoms in total. The summed E-state index contributed by atoms with van der Waals surface area (Å²) in [7, 11) is 0. The van der Waals surface area contributed by atoms with Crippen LogP contribution in [0.2, 0.25) is 0 Å². The summed E-state index contributed by atoms with van der Waals surface area (Å²) in [6, 6.07) is 0. The van der Waals surface area contributed by atoms with E-state index < -0.39 is 24.7 Å². The SMILES string of the molecule is C[C@H]1C=CC2=CCCC(Cl)C2[C@H]1CC[C@@H](O)C[C@H](F)CC(=O)O. The van der Waals surface area contributed by atoms with Crippen molar-refractivity contribution in [3.05, 3.63) is 23.8 Å². The maximum absolute atomic E-state index is 13.5. The van der Waals surface area contributed by atoms with E-state index in [1.807, 2.05) is 0 Å². The maximum Gasteiger partial charge on any atom is 0.306 e. The molecule has 0 radical (unpaired) electrons. The van der Waals surface area contributed by atoms with Crippen LogP contribution in [0.4, 0.5) is 4.39 Å². The van der Waals surface area contributed by atoms with E-state index in [2.05, 4.69) is 25.2 Å². The Hall–Kier alpha value is -0.870. The van der Waals surface area contributed by atoms with Gasteiger partial charge in [-0.05, 0) is 43.1 Å². The first-order valence-corrected chi connectivity index (χ1v) is 8.88. The van der Waals surface area contributed by atoms with Crippen molar-refractivity contribution < 1.29 is 19.4 Å². The van der Waals surface area contributed by atoms with Crippen molar-refractivity contribution in [2.45, 2.75) is 63.1 Å². The van der Waals surface area contributed by atoms with Crippen LogP contribution in [-0.2, 0) is 4.79 Å². The van der Waals surface area contributed by atoms with Gasteiger partial charge in [0.15, 0.2) is 0 Å². The normalized spacial score (nSPS) is 32.8. The number of carboxylic acids is 1. The van der Waals surface area contributed by atoms with E-state index in [1.165, 1.54) is 5.57 Å². The molecule has 0 spiro atoms. The van der Waals surface area contributed by atoms with Crippen molar-refractivity contribution in [2.24, 2.45) is 17.8 Å². The van der Waals surface area contributed by atoms with Crippen molar-refractivity contribution in [2.75, 3.05) is 0 Å². The smallest absolute Gasteiger partial charge is 0.306 e. The fourth-order valence-corrected chi connectivity index (χ4v) is 4.33. The molecule has 0 amide bonds. The van der Waals surface area contributed by atoms with Gasteiger partial charge in [-0.25, -0.2) is 4.39 Å². The van der Waals surface area contributed by atoms with E-state index in [0.717, 1.165) is 19.3 Å². The van der Waals surface area contributed by atoms with Gasteiger partial charge in [0, 0.05) is 17.7 Å². The van der Waals surface area contributed by atoms with E-state index in [4.69, 9.17) is 16.7 Å². The molecule has 5 heteroatoms. The molecule has 130 valence electrons. The zero-order valence-corrected chi connectivity index (χ0v) is 14.3. The number of hydrogen-bond donors (Lipinski definition) is 2. The first kappa shape index (κ1) is 18.5. The number of halogens is 2. The summed E-state index contributed by atoms with van der Waals surface area (Å²) in [5, 5.41) is 18.7. The van der Waals surface area contributed by atoms with Crippen LogP contribution in [0.25, 0.3) is 0 Å². The Labute approximate surface area is 142 Å². The fraction of sp³-hybridized carbons (Fsp3) is 0.722. The Morgan fingerprint density at radius 3 is 2.96 bits per heavy atom. The molecule has 0 saturated heterocycles. The van der Waals surface area contributed by atoms with Crippen molar-refractivity contribution in [1.29, 1.82) is 0 Å². The molecule has 2 aliphatic carbocycles. The number of fused-ring (bicyclic) bond motifs is 1. The minimum atomic E-state index is -1.49. The zero-order valence-electron chi connectivity index (χ0n) is 13.5. The van der Waals surface area contributed by atoms with Gasteiger partial charge in [-0.2, -0.15) is 0 Å². The lowest BCUT2D eigenvalue weighted by Crippen LogP contribution is -2.34. The molecule has 23 heavy (non-hydrogen) atoms. The van der Waals surface area contributed by atoms with Gasteiger partial charge >= 0.3 is 5.97 Å². The van der Waals surface area contributed by atoms with Crippen molar-refractivity contribution in [1.82, 2.24) is 0 Å². The Morgan fingerprint density at radius 1 is 1.52 bits per heavy atom. The molecule has 0 aromatic carbocycles. The number of allylic oxidation sites excluding steroid dienone is 4. The molecule has 2 rings (SSSR count). The highest BCUT2D eigenvalue weighted by Crippen LogP contribution is 2.44. The highest BCUT2D eigenvalue weighted by atomic mass is 35.5. The van der Waals surface area contributed by atoms with Gasteiger partial charge in [-0.1, -0.05) is 25.2 Å². The lowest BCUT2D eigenvalue weighted by Gasteiger charge is -2.40. The average molecular weight is 345 g/mol. The molecule has 0 fully saturated rings. The second-order valence-electron chi connectivity index (χ2n) is 6.87. The predicted octanol–water partition coefficient (Wildman–Crippen LogP) is 4.10. The molecule has 2 unspecified atom stereocenters. The summed E-state index contributed by atoms with van der Waals surface area (Å²) >= 11 is 6.54. The predicted molar refractivity (Wildman–Crippen MR) is 89.2 cm³/mol. The Bertz CT molecular complexity index is 477. The van der Waals surface area contributed by atoms with Crippen LogP contribution >= 0.6 is 11.6 Å². The first-order chi connectivity index (χ1) is 10.9. The molecular weight excluding hydrogens is 319 g/mol. The second kappa shape index (κ2) is 8.29. The third-order valence-electron chi connectivity index (χ3n) is 5.08. The summed E-state index contributed by atoms with van der Waals surface area (Å²) in [5.74, 6) is -0.138. The molecule has 0 aromatic heterocycles. The van der Waals surface area contributed by atoms with Crippen LogP contribution in [0.5, 0.6) is 0 Å². The number of aliphatic hydroxyl groups is 1. The van der Waals surface area contributed by atoms with Gasteiger partial charge in [0.2, 0.25) is 0 Å². The summed E-state index contributed by atoms with van der Waals surface area (Å²) in [6.07, 6.45) is 6.91. The zero-order chi connectivity index (χ0) is 17.0. The van der Waals surface area contributed by atoms with Crippen LogP contribution in [-0.4, -0.2) is 33.8 Å². The number of aliphatic carboxylic acids is 1. The highest BCUT2D eigenvalue weighted by molar-refractivity contribution is 6.21. The van der Waals surface area contributed by atoms with E-state index in [0.29, 0.717) is 24.2 Å². The van der Waals surface area contributed by atoms with Crippen LogP contribution in [0.15, 0.2) is 23.8 Å². The van der Waals surface area contributed by atoms with Crippen molar-refractivity contribution >= 4 is 17.6 Å². The molecule has 2 aliphatic rings. The molecule has 0 bridgehead atoms. The number of carbonyl (C=O) groups is 1. The number of alkyl halides is 2. The van der Waals surface area contributed by atoms with Gasteiger partial charge in [-0.15, -0.1) is 11.6 Å². The molecule has 0 aromatic rings. The third-order valence-corrected chi connectivity index (χ3v) is 5.57. The average Bonchev–Trinajstić information content (AvgIpc) is 2.45. The van der Waals surface area contributed by atoms with Crippen LogP contribution in [0.3, 0.4) is 0 Å². The van der Waals surface area contributed by atoms with E-state index in [-0.39, 0.29) is 11.8 Å². The van der Waals surface area contributed by atoms with E-state index in [9.17, 15) is 14.3 Å². The monoisotopic (exact) mass is 344 g/mol. The maximum atomic E-state index is 13.5. The minimum Gasteiger partial charge on any atom is -0.481 e. The summed E-state index contributed by atoms with van der Waals surface area (Å²) < 4.78 is 13.5. The van der Waals surface area contributed by atoms with Crippen LogP contribution < -0.4 is 0 Å². The number of rotatable bonds is 7. The Balaban J connectivity index is 1.90. The van der Waals surface area contributed by atoms with Gasteiger partial charge in [0.1, 0.15) is 6.17 Å². The molecule has 2 N–H and O–H groups in total. The van der Waals surface area contributed by atoms with Gasteiger partial charge in [-0.3, -0.25) is 4.79 Å². The number of carboxylic acid groups (broad SMARTS) is 1. The molecule has 6 atom stereocenters. The lowest BCUT2D eigenvalue weighted by atomic mass is 9.67. The van der Waals surface area contributed by atoms with Crippen LogP contribution in [0.1, 0.15) is 45.4 Å². The first-order valence-electron chi connectivity index (χ1n) is 8.44. The van der Waals surface area contributed by atoms with Gasteiger partial charge in [0.25, 0.3) is 0 Å². The number of hydrogen-bond acceptors (Lipinski definition) is 2. The molecular formula is C18H26ClFO3. The standard InChI is InChI=1S/C18H26ClFO3/c1-11-5-6-12-3-2-4-16(19)18(12)15(11)8-7-14(21)9-13(20)10-17(22)23/h3,5-6,11,13-16,18,21H,2,4,7-10H2,1H3,(H,22,23)/t11-,13-,14+,15-,16?,18?/m0/s1. The minimum absolute atomic E-state index is 0.110. The Morgan fingerprint density at radius 2 is 2.26 bits per heavy atom. The quantitative estimate of drug-likeness (QED) is 0.684. The van der Waals surface area contributed by atoms with E-state index >= 15 is 0 Å². The fourth-order valence-electron chi connectivity index (χ4n) is 3.87. The van der Waals surface area contributed by atoms with E-state index in [1.54, 1.807) is 0 Å². The molecule has 0 heterocycles. The lowest BCUT2D eigenvalue weighted by molar-refractivity contribution is -0.138. The van der Waals surface area contributed by atoms with Crippen LogP contribution in [0, 0.1) is 17.8 Å². The molecule has 0 saturated carbocycles. The summed E-state index contributed by atoms with van der Waals surface area (Å²) in [6.45, 7) is 2.16. The molecule has 0 aliphatic heterocycles. The topological polar surface area (TPSA) is 57.5 Å². The third kappa shape index (κ3) is 5.05. The van der Waals surface area contributed by atoms with Gasteiger partial charge < -0.3 is 10.2 Å². The van der Waals surface area contributed by atoms with Gasteiger partial charge in [0.05, 0.1) is 12.5 Å².